The number of hydrogen-bond donors (Lipinski definition) is 0. The van der Waals surface area contributed by atoms with E-state index in [4.69, 9.17) is 0 Å². The zero-order chi connectivity index (χ0) is 33.5. The van der Waals surface area contributed by atoms with E-state index in [2.05, 4.69) is 180 Å². The van der Waals surface area contributed by atoms with Crippen LogP contribution in [0, 0.1) is 0 Å². The van der Waals surface area contributed by atoms with Crippen molar-refractivity contribution in [2.75, 3.05) is 4.90 Å². The third kappa shape index (κ3) is 4.14. The van der Waals surface area contributed by atoms with Gasteiger partial charge in [0.05, 0.1) is 0 Å². The molecule has 236 valence electrons. The Morgan fingerprint density at radius 3 is 1.16 bits per heavy atom. The molecule has 2 nitrogen and oxygen atoms in total. The van der Waals surface area contributed by atoms with Gasteiger partial charge in [-0.05, 0) is 125 Å². The third-order valence-electron chi connectivity index (χ3n) is 10.8. The number of nitrogens with zero attached hydrogens (tertiary/aromatic N) is 2. The molecule has 0 aliphatic heterocycles. The summed E-state index contributed by atoms with van der Waals surface area (Å²) in [5, 5.41) is 5.25. The van der Waals surface area contributed by atoms with Crippen LogP contribution in [-0.4, -0.2) is 4.98 Å². The monoisotopic (exact) mass is 646 g/mol. The fourth-order valence-corrected chi connectivity index (χ4v) is 8.69. The minimum atomic E-state index is 1.06. The van der Waals surface area contributed by atoms with Gasteiger partial charge in [0.2, 0.25) is 0 Å². The number of hydrogen-bond acceptors (Lipinski definition) is 2. The Kier molecular flexibility index (Phi) is 5.99. The van der Waals surface area contributed by atoms with Crippen LogP contribution in [-0.2, 0) is 0 Å². The van der Waals surface area contributed by atoms with Crippen LogP contribution >= 0.6 is 0 Å². The van der Waals surface area contributed by atoms with Gasteiger partial charge in [0.15, 0.2) is 0 Å². The average molecular weight is 647 g/mol. The molecule has 8 aromatic carbocycles. The Morgan fingerprint density at radius 1 is 0.294 bits per heavy atom. The number of benzene rings is 8. The van der Waals surface area contributed by atoms with E-state index in [0.29, 0.717) is 0 Å². The normalized spacial score (nSPS) is 11.9. The highest BCUT2D eigenvalue weighted by molar-refractivity contribution is 6.20. The van der Waals surface area contributed by atoms with Gasteiger partial charge in [-0.15, -0.1) is 0 Å². The van der Waals surface area contributed by atoms with E-state index in [-0.39, 0.29) is 0 Å². The largest absolute Gasteiger partial charge is 0.310 e. The minimum absolute atomic E-state index is 1.06. The van der Waals surface area contributed by atoms with Gasteiger partial charge in [-0.2, -0.15) is 0 Å². The van der Waals surface area contributed by atoms with Crippen LogP contribution < -0.4 is 4.90 Å². The summed E-state index contributed by atoms with van der Waals surface area (Å²) in [5.41, 5.74) is 18.6. The first kappa shape index (κ1) is 28.1. The Hall–Kier alpha value is -6.77. The fourth-order valence-electron chi connectivity index (χ4n) is 8.69. The molecule has 0 saturated carbocycles. The first-order valence-corrected chi connectivity index (χ1v) is 17.5. The van der Waals surface area contributed by atoms with Crippen molar-refractivity contribution >= 4 is 38.6 Å². The topological polar surface area (TPSA) is 16.1 Å². The van der Waals surface area contributed by atoms with Crippen LogP contribution in [0.25, 0.3) is 88.3 Å². The van der Waals surface area contributed by atoms with Crippen LogP contribution in [0.4, 0.5) is 17.1 Å². The number of pyridine rings is 1. The molecule has 2 heteroatoms. The van der Waals surface area contributed by atoms with Crippen molar-refractivity contribution < 1.29 is 0 Å². The maximum absolute atomic E-state index is 4.37. The SMILES string of the molecule is c1cc(-c2ccc3c4c(cccc24)-c2ccccc2-3)cc(N(c2ccncc2)c2cccc(-c3ccc4c5c(cccc35)-c3ccccc3-4)c2)c1. The molecule has 0 radical (unpaired) electrons. The molecular weight excluding hydrogens is 617 g/mol. The van der Waals surface area contributed by atoms with Crippen LogP contribution in [0.5, 0.6) is 0 Å². The fraction of sp³-hybridized carbons (Fsp3) is 0. The maximum atomic E-state index is 4.37. The lowest BCUT2D eigenvalue weighted by Gasteiger charge is -2.26. The molecule has 0 saturated heterocycles. The number of anilines is 3. The van der Waals surface area contributed by atoms with E-state index in [1.807, 2.05) is 12.4 Å². The highest BCUT2D eigenvalue weighted by Crippen LogP contribution is 2.51. The summed E-state index contributed by atoms with van der Waals surface area (Å²) in [6, 6.07) is 62.3. The number of aromatic nitrogens is 1. The summed E-state index contributed by atoms with van der Waals surface area (Å²) < 4.78 is 0. The third-order valence-corrected chi connectivity index (χ3v) is 10.8. The summed E-state index contributed by atoms with van der Waals surface area (Å²) in [6.45, 7) is 0. The Labute approximate surface area is 296 Å². The second kappa shape index (κ2) is 10.9. The minimum Gasteiger partial charge on any atom is -0.310 e. The van der Waals surface area contributed by atoms with E-state index in [1.165, 1.54) is 88.3 Å². The molecular formula is C49H30N2. The summed E-state index contributed by atoms with van der Waals surface area (Å²) in [4.78, 5) is 6.71. The summed E-state index contributed by atoms with van der Waals surface area (Å²) in [5.74, 6) is 0. The smallest absolute Gasteiger partial charge is 0.0492 e. The lowest BCUT2D eigenvalue weighted by molar-refractivity contribution is 1.24. The molecule has 0 unspecified atom stereocenters. The molecule has 1 aromatic heterocycles. The quantitative estimate of drug-likeness (QED) is 0.185. The van der Waals surface area contributed by atoms with Gasteiger partial charge < -0.3 is 4.90 Å². The van der Waals surface area contributed by atoms with Gasteiger partial charge in [-0.25, -0.2) is 0 Å². The summed E-state index contributed by atoms with van der Waals surface area (Å²) in [7, 11) is 0. The van der Waals surface area contributed by atoms with Gasteiger partial charge in [0, 0.05) is 29.5 Å². The molecule has 2 aliphatic rings. The molecule has 0 spiro atoms. The van der Waals surface area contributed by atoms with Gasteiger partial charge in [-0.3, -0.25) is 4.98 Å². The first-order valence-electron chi connectivity index (χ1n) is 17.5. The molecule has 11 rings (SSSR count). The molecule has 0 amide bonds. The van der Waals surface area contributed by atoms with Gasteiger partial charge in [0.25, 0.3) is 0 Å². The molecule has 2 aliphatic carbocycles. The number of rotatable bonds is 5. The second-order valence-corrected chi connectivity index (χ2v) is 13.5. The van der Waals surface area contributed by atoms with Crippen molar-refractivity contribution in [3.05, 3.63) is 182 Å². The van der Waals surface area contributed by atoms with Crippen molar-refractivity contribution in [1.29, 1.82) is 0 Å². The molecule has 9 aromatic rings. The van der Waals surface area contributed by atoms with Crippen molar-refractivity contribution in [2.45, 2.75) is 0 Å². The molecule has 0 N–H and O–H groups in total. The summed E-state index contributed by atoms with van der Waals surface area (Å²) >= 11 is 0. The van der Waals surface area contributed by atoms with Crippen molar-refractivity contribution in [3.8, 4) is 66.8 Å². The van der Waals surface area contributed by atoms with Gasteiger partial charge in [-0.1, -0.05) is 133 Å². The molecule has 51 heavy (non-hydrogen) atoms. The highest BCUT2D eigenvalue weighted by atomic mass is 15.1. The van der Waals surface area contributed by atoms with Crippen molar-refractivity contribution in [2.24, 2.45) is 0 Å². The average Bonchev–Trinajstić information content (AvgIpc) is 3.71. The van der Waals surface area contributed by atoms with Crippen LogP contribution in [0.1, 0.15) is 0 Å². The lowest BCUT2D eigenvalue weighted by atomic mass is 9.93. The van der Waals surface area contributed by atoms with Crippen LogP contribution in [0.15, 0.2) is 182 Å². The van der Waals surface area contributed by atoms with Crippen LogP contribution in [0.2, 0.25) is 0 Å². The summed E-state index contributed by atoms with van der Waals surface area (Å²) in [6.07, 6.45) is 3.75. The molecule has 0 atom stereocenters. The van der Waals surface area contributed by atoms with Crippen molar-refractivity contribution in [1.82, 2.24) is 4.98 Å². The van der Waals surface area contributed by atoms with E-state index < -0.39 is 0 Å². The number of fused-ring (bicyclic) bond motifs is 6. The van der Waals surface area contributed by atoms with E-state index in [1.54, 1.807) is 0 Å². The Bertz CT molecular complexity index is 2630. The first-order chi connectivity index (χ1) is 25.3. The van der Waals surface area contributed by atoms with E-state index in [9.17, 15) is 0 Å². The zero-order valence-corrected chi connectivity index (χ0v) is 27.7. The molecule has 0 bridgehead atoms. The van der Waals surface area contributed by atoms with E-state index in [0.717, 1.165) is 17.1 Å². The Balaban J connectivity index is 1.06. The van der Waals surface area contributed by atoms with Crippen LogP contribution in [0.3, 0.4) is 0 Å². The highest BCUT2D eigenvalue weighted by Gasteiger charge is 2.24. The zero-order valence-electron chi connectivity index (χ0n) is 27.7. The molecule has 1 heterocycles. The lowest BCUT2D eigenvalue weighted by Crippen LogP contribution is -2.10. The maximum Gasteiger partial charge on any atom is 0.0492 e. The Morgan fingerprint density at radius 2 is 0.686 bits per heavy atom. The van der Waals surface area contributed by atoms with Gasteiger partial charge >= 0.3 is 0 Å². The standard InChI is InChI=1S/C49H30N2/c1-3-15-40-38(13-1)44-19-7-17-42-36(21-23-46(40)48(42)44)31-9-5-11-34(29-31)51(33-25-27-50-28-26-33)35-12-6-10-32(30-35)37-22-24-47-41-16-4-2-14-39(41)45-20-8-18-43(37)49(45)47/h1-30H. The molecule has 0 fully saturated rings. The predicted octanol–water partition coefficient (Wildman–Crippen LogP) is 13.5. The van der Waals surface area contributed by atoms with E-state index >= 15 is 0 Å². The predicted molar refractivity (Wildman–Crippen MR) is 214 cm³/mol. The van der Waals surface area contributed by atoms with Crippen molar-refractivity contribution in [3.63, 3.8) is 0 Å². The second-order valence-electron chi connectivity index (χ2n) is 13.5. The van der Waals surface area contributed by atoms with Gasteiger partial charge in [0.1, 0.15) is 0 Å².